The molecule has 0 spiro atoms. The molecule has 0 radical (unpaired) electrons. The summed E-state index contributed by atoms with van der Waals surface area (Å²) in [5.74, 6) is 0. The van der Waals surface area contributed by atoms with E-state index in [2.05, 4.69) is 55.2 Å². The van der Waals surface area contributed by atoms with Crippen LogP contribution < -0.4 is 0 Å². The summed E-state index contributed by atoms with van der Waals surface area (Å²) in [4.78, 5) is 10.7. The lowest BCUT2D eigenvalue weighted by molar-refractivity contribution is -0.137. The molecule has 0 aliphatic rings. The van der Waals surface area contributed by atoms with Crippen LogP contribution in [0.3, 0.4) is 0 Å². The van der Waals surface area contributed by atoms with Crippen molar-refractivity contribution in [3.05, 3.63) is 113 Å². The third kappa shape index (κ3) is 5.47. The smallest absolute Gasteiger partial charge is 0.256 e. The van der Waals surface area contributed by atoms with E-state index < -0.39 is 11.7 Å². The van der Waals surface area contributed by atoms with Gasteiger partial charge in [0.15, 0.2) is 0 Å². The van der Waals surface area contributed by atoms with Crippen molar-refractivity contribution < 1.29 is 13.2 Å². The highest BCUT2D eigenvalue weighted by Gasteiger charge is 2.31. The van der Waals surface area contributed by atoms with Crippen LogP contribution in [-0.2, 0) is 12.6 Å². The summed E-state index contributed by atoms with van der Waals surface area (Å²) < 4.78 is 41.7. The van der Waals surface area contributed by atoms with Crippen molar-refractivity contribution in [2.45, 2.75) is 39.8 Å². The monoisotopic (exact) mass is 578 g/mol. The zero-order valence-electron chi connectivity index (χ0n) is 23.6. The van der Waals surface area contributed by atoms with Crippen LogP contribution in [0.5, 0.6) is 0 Å². The van der Waals surface area contributed by atoms with Crippen molar-refractivity contribution in [1.82, 2.24) is 9.97 Å². The molecule has 0 saturated heterocycles. The number of fused-ring (bicyclic) bond motifs is 2. The molecule has 0 bridgehead atoms. The number of hydrogen-bond acceptors (Lipinski definition) is 3. The molecular formula is C36H29F3N2S. The zero-order valence-corrected chi connectivity index (χ0v) is 24.4. The van der Waals surface area contributed by atoms with E-state index >= 15 is 0 Å². The Labute approximate surface area is 247 Å². The van der Waals surface area contributed by atoms with Gasteiger partial charge in [0, 0.05) is 49.4 Å². The Morgan fingerprint density at radius 3 is 2.29 bits per heavy atom. The van der Waals surface area contributed by atoms with E-state index in [-0.39, 0.29) is 0 Å². The van der Waals surface area contributed by atoms with Gasteiger partial charge < -0.3 is 0 Å². The molecule has 0 fully saturated rings. The Bertz CT molecular complexity index is 1950. The molecule has 42 heavy (non-hydrogen) atoms. The number of alkyl halides is 3. The lowest BCUT2D eigenvalue weighted by Gasteiger charge is -2.12. The third-order valence-electron chi connectivity index (χ3n) is 7.57. The highest BCUT2D eigenvalue weighted by Crippen LogP contribution is 2.36. The third-order valence-corrected chi connectivity index (χ3v) is 8.67. The van der Waals surface area contributed by atoms with E-state index in [0.717, 1.165) is 39.7 Å². The van der Waals surface area contributed by atoms with Crippen LogP contribution in [0.25, 0.3) is 60.6 Å². The number of pyridine rings is 2. The summed E-state index contributed by atoms with van der Waals surface area (Å²) in [5.41, 5.74) is 7.12. The van der Waals surface area contributed by atoms with E-state index in [1.807, 2.05) is 60.9 Å². The van der Waals surface area contributed by atoms with Crippen molar-refractivity contribution in [1.29, 1.82) is 0 Å². The molecule has 0 aliphatic carbocycles. The molecule has 6 rings (SSSR count). The SMILES string of the molecule is CC/C=C\c1c(C)sc2ccc(-c3ccc(-c4cnc5cc(-c6cc(CC)cc(C(F)(F)F)c6)ccc5c4)cn3)cc12. The number of allylic oxidation sites excluding steroid dienone is 1. The van der Waals surface area contributed by atoms with Crippen LogP contribution in [0.15, 0.2) is 91.3 Å². The number of aryl methyl sites for hydroxylation is 2. The average molecular weight is 579 g/mol. The summed E-state index contributed by atoms with van der Waals surface area (Å²) in [6, 6.07) is 22.5. The standard InChI is InChI=1S/C36H29F3N2S/c1-4-6-7-31-22(3)42-35-13-11-26(18-32(31)35)33-12-10-27(20-40-33)29-16-25-9-8-24(19-34(25)41-21-29)28-14-23(5-2)15-30(17-28)36(37,38)39/h6-21H,4-5H2,1-3H3/b7-6-. The van der Waals surface area contributed by atoms with E-state index in [1.165, 1.54) is 32.7 Å². The Balaban J connectivity index is 1.29. The molecule has 6 aromatic rings. The Morgan fingerprint density at radius 2 is 1.55 bits per heavy atom. The number of hydrogen-bond donors (Lipinski definition) is 0. The number of benzene rings is 3. The highest BCUT2D eigenvalue weighted by molar-refractivity contribution is 7.19. The first-order valence-corrected chi connectivity index (χ1v) is 14.8. The quantitative estimate of drug-likeness (QED) is 0.196. The maximum Gasteiger partial charge on any atom is 0.416 e. The molecule has 0 aliphatic heterocycles. The second-order valence-electron chi connectivity index (χ2n) is 10.4. The average Bonchev–Trinajstić information content (AvgIpc) is 3.32. The van der Waals surface area contributed by atoms with Gasteiger partial charge in [-0.2, -0.15) is 13.2 Å². The number of nitrogens with zero attached hydrogens (tertiary/aromatic N) is 2. The number of halogens is 3. The molecule has 0 atom stereocenters. The fourth-order valence-corrected chi connectivity index (χ4v) is 6.29. The number of aromatic nitrogens is 2. The van der Waals surface area contributed by atoms with Gasteiger partial charge >= 0.3 is 6.18 Å². The lowest BCUT2D eigenvalue weighted by Crippen LogP contribution is -2.06. The summed E-state index contributed by atoms with van der Waals surface area (Å²) in [7, 11) is 0. The summed E-state index contributed by atoms with van der Waals surface area (Å²) >= 11 is 1.81. The molecular weight excluding hydrogens is 549 g/mol. The van der Waals surface area contributed by atoms with E-state index in [0.29, 0.717) is 23.1 Å². The van der Waals surface area contributed by atoms with Crippen LogP contribution in [0.4, 0.5) is 13.2 Å². The molecule has 210 valence electrons. The van der Waals surface area contributed by atoms with Crippen molar-refractivity contribution in [2.75, 3.05) is 0 Å². The van der Waals surface area contributed by atoms with Crippen molar-refractivity contribution >= 4 is 38.4 Å². The second kappa shape index (κ2) is 11.2. The first-order valence-electron chi connectivity index (χ1n) is 14.0. The minimum Gasteiger partial charge on any atom is -0.256 e. The first-order chi connectivity index (χ1) is 20.2. The van der Waals surface area contributed by atoms with Gasteiger partial charge in [-0.1, -0.05) is 56.3 Å². The Kier molecular flexibility index (Phi) is 7.42. The molecule has 0 amide bonds. The van der Waals surface area contributed by atoms with Crippen LogP contribution in [0.1, 0.15) is 41.8 Å². The molecule has 3 aromatic carbocycles. The van der Waals surface area contributed by atoms with Crippen LogP contribution in [-0.4, -0.2) is 9.97 Å². The minimum atomic E-state index is -4.39. The molecule has 2 nitrogen and oxygen atoms in total. The van der Waals surface area contributed by atoms with Crippen molar-refractivity contribution in [2.24, 2.45) is 0 Å². The molecule has 0 unspecified atom stereocenters. The molecule has 0 saturated carbocycles. The zero-order chi connectivity index (χ0) is 29.4. The largest absolute Gasteiger partial charge is 0.416 e. The van der Waals surface area contributed by atoms with Gasteiger partial charge in [-0.15, -0.1) is 11.3 Å². The van der Waals surface area contributed by atoms with E-state index in [1.54, 1.807) is 6.20 Å². The van der Waals surface area contributed by atoms with Gasteiger partial charge in [-0.05, 0) is 84.5 Å². The van der Waals surface area contributed by atoms with Crippen LogP contribution >= 0.6 is 11.3 Å². The van der Waals surface area contributed by atoms with Gasteiger partial charge in [0.2, 0.25) is 0 Å². The molecule has 3 aromatic heterocycles. The topological polar surface area (TPSA) is 25.8 Å². The number of thiophene rings is 1. The molecule has 0 N–H and O–H groups in total. The van der Waals surface area contributed by atoms with Gasteiger partial charge in [0.25, 0.3) is 0 Å². The van der Waals surface area contributed by atoms with Crippen LogP contribution in [0.2, 0.25) is 0 Å². The Morgan fingerprint density at radius 1 is 0.762 bits per heavy atom. The normalized spacial score (nSPS) is 12.1. The summed E-state index contributed by atoms with van der Waals surface area (Å²) in [6.45, 7) is 6.16. The predicted molar refractivity (Wildman–Crippen MR) is 170 cm³/mol. The van der Waals surface area contributed by atoms with Gasteiger partial charge in [0.1, 0.15) is 0 Å². The number of rotatable bonds is 6. The maximum absolute atomic E-state index is 13.5. The van der Waals surface area contributed by atoms with E-state index in [9.17, 15) is 13.2 Å². The summed E-state index contributed by atoms with van der Waals surface area (Å²) in [6.07, 6.45) is 5.20. The second-order valence-corrected chi connectivity index (χ2v) is 11.7. The van der Waals surface area contributed by atoms with Gasteiger partial charge in [-0.25, -0.2) is 0 Å². The fraction of sp³-hybridized carbons (Fsp3) is 0.167. The molecule has 6 heteroatoms. The minimum absolute atomic E-state index is 0.526. The highest BCUT2D eigenvalue weighted by atomic mass is 32.1. The first kappa shape index (κ1) is 27.9. The predicted octanol–water partition coefficient (Wildman–Crippen LogP) is 11.2. The Hall–Kier alpha value is -4.29. The van der Waals surface area contributed by atoms with Gasteiger partial charge in [-0.3, -0.25) is 9.97 Å². The fourth-order valence-electron chi connectivity index (χ4n) is 5.26. The van der Waals surface area contributed by atoms with E-state index in [4.69, 9.17) is 4.98 Å². The van der Waals surface area contributed by atoms with Crippen molar-refractivity contribution in [3.8, 4) is 33.5 Å². The summed E-state index contributed by atoms with van der Waals surface area (Å²) in [5, 5.41) is 2.16. The lowest BCUT2D eigenvalue weighted by atomic mass is 9.97. The molecule has 3 heterocycles. The van der Waals surface area contributed by atoms with Gasteiger partial charge in [0.05, 0.1) is 16.8 Å². The van der Waals surface area contributed by atoms with Crippen LogP contribution in [0, 0.1) is 6.92 Å². The van der Waals surface area contributed by atoms with Crippen molar-refractivity contribution in [3.63, 3.8) is 0 Å². The maximum atomic E-state index is 13.5.